The van der Waals surface area contributed by atoms with E-state index in [2.05, 4.69) is 0 Å². The van der Waals surface area contributed by atoms with Crippen molar-refractivity contribution in [2.24, 2.45) is 0 Å². The highest BCUT2D eigenvalue weighted by atomic mass is 16.5. The molecule has 0 radical (unpaired) electrons. The number of amides is 1. The summed E-state index contributed by atoms with van der Waals surface area (Å²) in [6.45, 7) is 0.373. The third kappa shape index (κ3) is 2.83. The Morgan fingerprint density at radius 1 is 1.45 bits per heavy atom. The molecule has 1 atom stereocenters. The molecule has 7 nitrogen and oxygen atoms in total. The third-order valence-corrected chi connectivity index (χ3v) is 3.06. The molecule has 1 amide bonds. The van der Waals surface area contributed by atoms with Crippen molar-refractivity contribution in [1.82, 2.24) is 4.90 Å². The smallest absolute Gasteiger partial charge is 0.334 e. The summed E-state index contributed by atoms with van der Waals surface area (Å²) in [6.07, 6.45) is -1.04. The van der Waals surface area contributed by atoms with E-state index in [1.54, 1.807) is 0 Å². The molecular weight excluding hydrogens is 266 g/mol. The summed E-state index contributed by atoms with van der Waals surface area (Å²) in [5.74, 6) is -1.29. The fourth-order valence-electron chi connectivity index (χ4n) is 1.97. The highest BCUT2D eigenvalue weighted by molar-refractivity contribution is 5.97. The SMILES string of the molecule is COc1ccc(O)c(C(=O)N2CCOC(C(=O)O)C2)c1. The van der Waals surface area contributed by atoms with Crippen molar-refractivity contribution in [3.05, 3.63) is 23.8 Å². The average molecular weight is 281 g/mol. The maximum atomic E-state index is 12.3. The van der Waals surface area contributed by atoms with Crippen LogP contribution in [0.15, 0.2) is 18.2 Å². The van der Waals surface area contributed by atoms with Crippen molar-refractivity contribution >= 4 is 11.9 Å². The minimum absolute atomic E-state index is 0.0508. The Hall–Kier alpha value is -2.28. The summed E-state index contributed by atoms with van der Waals surface area (Å²) >= 11 is 0. The molecular formula is C13H15NO6. The summed E-state index contributed by atoms with van der Waals surface area (Å²) < 4.78 is 10.1. The fourth-order valence-corrected chi connectivity index (χ4v) is 1.97. The lowest BCUT2D eigenvalue weighted by molar-refractivity contribution is -0.154. The van der Waals surface area contributed by atoms with Gasteiger partial charge in [-0.15, -0.1) is 0 Å². The van der Waals surface area contributed by atoms with Crippen LogP contribution in [0.3, 0.4) is 0 Å². The van der Waals surface area contributed by atoms with E-state index in [1.165, 1.54) is 30.2 Å². The van der Waals surface area contributed by atoms with E-state index in [0.29, 0.717) is 5.75 Å². The second-order valence-corrected chi connectivity index (χ2v) is 4.33. The van der Waals surface area contributed by atoms with E-state index < -0.39 is 18.0 Å². The van der Waals surface area contributed by atoms with Crippen LogP contribution in [-0.4, -0.2) is 59.9 Å². The minimum atomic E-state index is -1.11. The van der Waals surface area contributed by atoms with Crippen LogP contribution in [0.25, 0.3) is 0 Å². The molecule has 0 saturated carbocycles. The molecule has 7 heteroatoms. The van der Waals surface area contributed by atoms with Crippen LogP contribution in [0.1, 0.15) is 10.4 Å². The standard InChI is InChI=1S/C13H15NO6/c1-19-8-2-3-10(15)9(6-8)12(16)14-4-5-20-11(7-14)13(17)18/h2-3,6,11,15H,4-5,7H2,1H3,(H,17,18). The van der Waals surface area contributed by atoms with Gasteiger partial charge in [-0.3, -0.25) is 4.79 Å². The lowest BCUT2D eigenvalue weighted by Gasteiger charge is -2.31. The number of carbonyl (C=O) groups is 2. The zero-order valence-electron chi connectivity index (χ0n) is 10.9. The highest BCUT2D eigenvalue weighted by Crippen LogP contribution is 2.25. The Morgan fingerprint density at radius 2 is 2.20 bits per heavy atom. The maximum Gasteiger partial charge on any atom is 0.334 e. The fraction of sp³-hybridized carbons (Fsp3) is 0.385. The van der Waals surface area contributed by atoms with Gasteiger partial charge in [-0.25, -0.2) is 4.79 Å². The lowest BCUT2D eigenvalue weighted by Crippen LogP contribution is -2.48. The second kappa shape index (κ2) is 5.79. The Bertz CT molecular complexity index is 530. The Labute approximate surface area is 115 Å². The Morgan fingerprint density at radius 3 is 2.85 bits per heavy atom. The third-order valence-electron chi connectivity index (χ3n) is 3.06. The van der Waals surface area contributed by atoms with Crippen molar-refractivity contribution in [1.29, 1.82) is 0 Å². The average Bonchev–Trinajstić information content (AvgIpc) is 2.47. The monoisotopic (exact) mass is 281 g/mol. The molecule has 1 aliphatic rings. The molecule has 1 aliphatic heterocycles. The number of carboxylic acid groups (broad SMARTS) is 1. The molecule has 0 spiro atoms. The first-order valence-corrected chi connectivity index (χ1v) is 6.03. The summed E-state index contributed by atoms with van der Waals surface area (Å²) in [5, 5.41) is 18.7. The first-order valence-electron chi connectivity index (χ1n) is 6.03. The van der Waals surface area contributed by atoms with Gasteiger partial charge in [0.15, 0.2) is 6.10 Å². The Kier molecular flexibility index (Phi) is 4.09. The number of benzene rings is 1. The molecule has 20 heavy (non-hydrogen) atoms. The molecule has 1 fully saturated rings. The number of hydrogen-bond acceptors (Lipinski definition) is 5. The molecule has 1 aromatic carbocycles. The van der Waals surface area contributed by atoms with Crippen molar-refractivity contribution in [3.8, 4) is 11.5 Å². The summed E-state index contributed by atoms with van der Waals surface area (Å²) in [5.41, 5.74) is 0.0791. The topological polar surface area (TPSA) is 96.3 Å². The number of aliphatic carboxylic acids is 1. The van der Waals surface area contributed by atoms with E-state index in [9.17, 15) is 14.7 Å². The molecule has 0 aromatic heterocycles. The predicted molar refractivity (Wildman–Crippen MR) is 67.9 cm³/mol. The molecule has 1 aromatic rings. The molecule has 1 unspecified atom stereocenters. The van der Waals surface area contributed by atoms with E-state index >= 15 is 0 Å². The highest BCUT2D eigenvalue weighted by Gasteiger charge is 2.30. The van der Waals surface area contributed by atoms with E-state index in [1.807, 2.05) is 0 Å². The van der Waals surface area contributed by atoms with Crippen LogP contribution in [0.2, 0.25) is 0 Å². The summed E-state index contributed by atoms with van der Waals surface area (Å²) in [4.78, 5) is 24.6. The van der Waals surface area contributed by atoms with Gasteiger partial charge in [0.2, 0.25) is 0 Å². The number of rotatable bonds is 3. The molecule has 2 rings (SSSR count). The zero-order chi connectivity index (χ0) is 14.7. The molecule has 1 saturated heterocycles. The molecule has 0 bridgehead atoms. The van der Waals surface area contributed by atoms with Crippen LogP contribution in [0, 0.1) is 0 Å². The molecule has 108 valence electrons. The van der Waals surface area contributed by atoms with Gasteiger partial charge in [-0.1, -0.05) is 0 Å². The number of carbonyl (C=O) groups excluding carboxylic acids is 1. The van der Waals surface area contributed by atoms with E-state index in [-0.39, 0.29) is 31.0 Å². The van der Waals surface area contributed by atoms with Crippen LogP contribution in [0.5, 0.6) is 11.5 Å². The van der Waals surface area contributed by atoms with Crippen molar-refractivity contribution in [3.63, 3.8) is 0 Å². The minimum Gasteiger partial charge on any atom is -0.507 e. The van der Waals surface area contributed by atoms with Gasteiger partial charge in [0.25, 0.3) is 5.91 Å². The maximum absolute atomic E-state index is 12.3. The first kappa shape index (κ1) is 14.1. The number of aromatic hydroxyl groups is 1. The predicted octanol–water partition coefficient (Wildman–Crippen LogP) is 0.326. The van der Waals surface area contributed by atoms with Crippen molar-refractivity contribution < 1.29 is 29.3 Å². The van der Waals surface area contributed by atoms with E-state index in [4.69, 9.17) is 14.6 Å². The number of carboxylic acids is 1. The van der Waals surface area contributed by atoms with Gasteiger partial charge in [0.05, 0.1) is 25.8 Å². The van der Waals surface area contributed by atoms with Crippen LogP contribution >= 0.6 is 0 Å². The van der Waals surface area contributed by atoms with Gasteiger partial charge in [0, 0.05) is 6.54 Å². The number of phenolic OH excluding ortho intramolecular Hbond substituents is 1. The first-order chi connectivity index (χ1) is 9.52. The van der Waals surface area contributed by atoms with Crippen molar-refractivity contribution in [2.75, 3.05) is 26.8 Å². The molecule has 2 N–H and O–H groups in total. The lowest BCUT2D eigenvalue weighted by atomic mass is 10.1. The number of morpholine rings is 1. The summed E-state index contributed by atoms with van der Waals surface area (Å²) in [7, 11) is 1.45. The normalized spacial score (nSPS) is 18.6. The number of methoxy groups -OCH3 is 1. The van der Waals surface area contributed by atoms with Crippen molar-refractivity contribution in [2.45, 2.75) is 6.10 Å². The number of phenols is 1. The quantitative estimate of drug-likeness (QED) is 0.828. The number of nitrogens with zero attached hydrogens (tertiary/aromatic N) is 1. The van der Waals surface area contributed by atoms with E-state index in [0.717, 1.165) is 0 Å². The van der Waals surface area contributed by atoms with Crippen LogP contribution in [-0.2, 0) is 9.53 Å². The zero-order valence-corrected chi connectivity index (χ0v) is 10.9. The van der Waals surface area contributed by atoms with Gasteiger partial charge in [-0.2, -0.15) is 0 Å². The second-order valence-electron chi connectivity index (χ2n) is 4.33. The largest absolute Gasteiger partial charge is 0.507 e. The van der Waals surface area contributed by atoms with Gasteiger partial charge in [0.1, 0.15) is 11.5 Å². The van der Waals surface area contributed by atoms with Crippen LogP contribution < -0.4 is 4.74 Å². The molecule has 1 heterocycles. The summed E-state index contributed by atoms with van der Waals surface area (Å²) in [6, 6.07) is 4.32. The Balaban J connectivity index is 2.20. The van der Waals surface area contributed by atoms with Gasteiger partial charge >= 0.3 is 5.97 Å². The molecule has 0 aliphatic carbocycles. The van der Waals surface area contributed by atoms with Gasteiger partial charge in [-0.05, 0) is 18.2 Å². The number of ether oxygens (including phenoxy) is 2. The van der Waals surface area contributed by atoms with Crippen LogP contribution in [0.4, 0.5) is 0 Å². The number of hydrogen-bond donors (Lipinski definition) is 2. The van der Waals surface area contributed by atoms with Gasteiger partial charge < -0.3 is 24.6 Å².